The third-order valence-electron chi connectivity index (χ3n) is 4.11. The summed E-state index contributed by atoms with van der Waals surface area (Å²) in [7, 11) is 0. The second-order valence-corrected chi connectivity index (χ2v) is 5.88. The van der Waals surface area contributed by atoms with Crippen LogP contribution in [0, 0.1) is 0 Å². The van der Waals surface area contributed by atoms with Crippen molar-refractivity contribution < 1.29 is 18.7 Å². The molecule has 0 radical (unpaired) electrons. The Hall–Kier alpha value is -3.54. The summed E-state index contributed by atoms with van der Waals surface area (Å²) in [5.74, 6) is 0.646. The molecule has 2 heterocycles. The Morgan fingerprint density at radius 2 is 1.92 bits per heavy atom. The number of carbonyl (C=O) groups is 2. The maximum atomic E-state index is 12.8. The third-order valence-corrected chi connectivity index (χ3v) is 4.11. The largest absolute Gasteiger partial charge is 0.482 e. The molecule has 0 spiro atoms. The molecular formula is C20H16N2O4. The number of anilines is 1. The smallest absolute Gasteiger partial charge is 0.262 e. The number of fused-ring (bicyclic) bond motifs is 1. The molecule has 0 fully saturated rings. The normalized spacial score (nSPS) is 13.9. The quantitative estimate of drug-likeness (QED) is 0.759. The first-order valence-corrected chi connectivity index (χ1v) is 8.16. The lowest BCUT2D eigenvalue weighted by atomic mass is 10.0. The minimum Gasteiger partial charge on any atom is -0.482 e. The van der Waals surface area contributed by atoms with E-state index < -0.39 is 6.04 Å². The molecule has 1 aromatic heterocycles. The average molecular weight is 348 g/mol. The summed E-state index contributed by atoms with van der Waals surface area (Å²) >= 11 is 0. The minimum absolute atomic E-state index is 0.0584. The van der Waals surface area contributed by atoms with E-state index in [2.05, 4.69) is 10.6 Å². The molecule has 0 aliphatic carbocycles. The van der Waals surface area contributed by atoms with Crippen molar-refractivity contribution in [3.05, 3.63) is 83.8 Å². The number of nitrogens with one attached hydrogen (secondary N) is 2. The van der Waals surface area contributed by atoms with Gasteiger partial charge in [-0.2, -0.15) is 0 Å². The van der Waals surface area contributed by atoms with E-state index in [-0.39, 0.29) is 18.4 Å². The number of carbonyl (C=O) groups excluding carboxylic acids is 2. The van der Waals surface area contributed by atoms with Crippen molar-refractivity contribution in [3.8, 4) is 5.75 Å². The van der Waals surface area contributed by atoms with Crippen LogP contribution in [-0.4, -0.2) is 18.4 Å². The van der Waals surface area contributed by atoms with Gasteiger partial charge >= 0.3 is 0 Å². The summed E-state index contributed by atoms with van der Waals surface area (Å²) in [6, 6.07) is 17.7. The van der Waals surface area contributed by atoms with Crippen molar-refractivity contribution in [1.29, 1.82) is 0 Å². The lowest BCUT2D eigenvalue weighted by Gasteiger charge is -2.20. The van der Waals surface area contributed by atoms with E-state index in [0.717, 1.165) is 5.56 Å². The van der Waals surface area contributed by atoms with Crippen molar-refractivity contribution in [2.75, 3.05) is 11.9 Å². The van der Waals surface area contributed by atoms with Crippen LogP contribution in [0.2, 0.25) is 0 Å². The topological polar surface area (TPSA) is 80.6 Å². The highest BCUT2D eigenvalue weighted by Gasteiger charge is 2.22. The molecule has 3 aromatic rings. The predicted octanol–water partition coefficient (Wildman–Crippen LogP) is 3.13. The molecule has 2 N–H and O–H groups in total. The summed E-state index contributed by atoms with van der Waals surface area (Å²) < 4.78 is 10.9. The maximum absolute atomic E-state index is 12.8. The van der Waals surface area contributed by atoms with E-state index in [1.165, 1.54) is 0 Å². The lowest BCUT2D eigenvalue weighted by molar-refractivity contribution is -0.118. The third kappa shape index (κ3) is 3.17. The van der Waals surface area contributed by atoms with Crippen molar-refractivity contribution in [2.45, 2.75) is 6.04 Å². The van der Waals surface area contributed by atoms with Crippen LogP contribution in [0.1, 0.15) is 27.7 Å². The van der Waals surface area contributed by atoms with Gasteiger partial charge in [0.25, 0.3) is 11.8 Å². The molecular weight excluding hydrogens is 332 g/mol. The van der Waals surface area contributed by atoms with Gasteiger partial charge in [0, 0.05) is 5.56 Å². The number of furan rings is 1. The fraction of sp³-hybridized carbons (Fsp3) is 0.100. The molecule has 4 rings (SSSR count). The van der Waals surface area contributed by atoms with Gasteiger partial charge < -0.3 is 19.8 Å². The van der Waals surface area contributed by atoms with Crippen molar-refractivity contribution in [1.82, 2.24) is 5.32 Å². The van der Waals surface area contributed by atoms with Crippen LogP contribution < -0.4 is 15.4 Å². The van der Waals surface area contributed by atoms with Crippen LogP contribution in [0.15, 0.2) is 71.3 Å². The zero-order chi connectivity index (χ0) is 17.9. The maximum Gasteiger partial charge on any atom is 0.262 e. The summed E-state index contributed by atoms with van der Waals surface area (Å²) in [5.41, 5.74) is 1.91. The van der Waals surface area contributed by atoms with Gasteiger partial charge in [-0.15, -0.1) is 0 Å². The van der Waals surface area contributed by atoms with Crippen molar-refractivity contribution in [2.24, 2.45) is 0 Å². The van der Waals surface area contributed by atoms with Crippen molar-refractivity contribution in [3.63, 3.8) is 0 Å². The van der Waals surface area contributed by atoms with Crippen LogP contribution in [0.5, 0.6) is 5.75 Å². The highest BCUT2D eigenvalue weighted by Crippen LogP contribution is 2.29. The van der Waals surface area contributed by atoms with Crippen LogP contribution in [0.3, 0.4) is 0 Å². The Morgan fingerprint density at radius 3 is 2.69 bits per heavy atom. The number of hydrogen-bond donors (Lipinski definition) is 2. The van der Waals surface area contributed by atoms with E-state index in [4.69, 9.17) is 9.15 Å². The standard InChI is InChI=1S/C20H16N2O4/c23-18-12-26-17-11-14(8-9-15(17)21-18)20(24)22-19(16-7-4-10-25-16)13-5-2-1-3-6-13/h1-11,19H,12H2,(H,21,23)(H,22,24). The highest BCUT2D eigenvalue weighted by atomic mass is 16.5. The van der Waals surface area contributed by atoms with Crippen LogP contribution in [-0.2, 0) is 4.79 Å². The first-order chi connectivity index (χ1) is 12.7. The number of ether oxygens (including phenoxy) is 1. The van der Waals surface area contributed by atoms with Gasteiger partial charge in [-0.25, -0.2) is 0 Å². The van der Waals surface area contributed by atoms with Crippen molar-refractivity contribution >= 4 is 17.5 Å². The minimum atomic E-state index is -0.407. The second-order valence-electron chi connectivity index (χ2n) is 5.88. The van der Waals surface area contributed by atoms with E-state index in [9.17, 15) is 9.59 Å². The molecule has 0 saturated carbocycles. The summed E-state index contributed by atoms with van der Waals surface area (Å²) in [5, 5.41) is 5.70. The van der Waals surface area contributed by atoms with Gasteiger partial charge in [0.05, 0.1) is 12.0 Å². The lowest BCUT2D eigenvalue weighted by Crippen LogP contribution is -2.30. The van der Waals surface area contributed by atoms with E-state index in [1.54, 1.807) is 30.5 Å². The fourth-order valence-electron chi connectivity index (χ4n) is 2.85. The average Bonchev–Trinajstić information content (AvgIpc) is 3.20. The van der Waals surface area contributed by atoms with E-state index in [1.807, 2.05) is 36.4 Å². The molecule has 2 aromatic carbocycles. The molecule has 0 bridgehead atoms. The Kier molecular flexibility index (Phi) is 4.15. The monoisotopic (exact) mass is 348 g/mol. The zero-order valence-electron chi connectivity index (χ0n) is 13.8. The molecule has 26 heavy (non-hydrogen) atoms. The number of rotatable bonds is 4. The Morgan fingerprint density at radius 1 is 1.08 bits per heavy atom. The SMILES string of the molecule is O=C1COc2cc(C(=O)NC(c3ccccc3)c3ccco3)ccc2N1. The second kappa shape index (κ2) is 6.76. The van der Waals surface area contributed by atoms with E-state index >= 15 is 0 Å². The molecule has 1 atom stereocenters. The number of hydrogen-bond acceptors (Lipinski definition) is 4. The predicted molar refractivity (Wildman–Crippen MR) is 95.0 cm³/mol. The van der Waals surface area contributed by atoms with Gasteiger partial charge in [-0.3, -0.25) is 9.59 Å². The summed E-state index contributed by atoms with van der Waals surface area (Å²) in [6.45, 7) is -0.0584. The van der Waals surface area contributed by atoms with Crippen LogP contribution in [0.25, 0.3) is 0 Å². The molecule has 1 unspecified atom stereocenters. The highest BCUT2D eigenvalue weighted by molar-refractivity contribution is 5.99. The zero-order valence-corrected chi connectivity index (χ0v) is 13.8. The van der Waals surface area contributed by atoms with E-state index in [0.29, 0.717) is 22.8 Å². The van der Waals surface area contributed by atoms with Gasteiger partial charge in [-0.05, 0) is 35.9 Å². The van der Waals surface area contributed by atoms with Crippen LogP contribution >= 0.6 is 0 Å². The molecule has 0 saturated heterocycles. The Bertz CT molecular complexity index is 936. The fourth-order valence-corrected chi connectivity index (χ4v) is 2.85. The first-order valence-electron chi connectivity index (χ1n) is 8.16. The summed E-state index contributed by atoms with van der Waals surface area (Å²) in [6.07, 6.45) is 1.58. The molecule has 1 aliphatic heterocycles. The van der Waals surface area contributed by atoms with Gasteiger partial charge in [-0.1, -0.05) is 30.3 Å². The molecule has 2 amide bonds. The molecule has 1 aliphatic rings. The number of amides is 2. The first kappa shape index (κ1) is 16.0. The van der Waals surface area contributed by atoms with Gasteiger partial charge in [0.1, 0.15) is 17.6 Å². The van der Waals surface area contributed by atoms with Crippen LogP contribution in [0.4, 0.5) is 5.69 Å². The Labute approximate surface area is 149 Å². The summed E-state index contributed by atoms with van der Waals surface area (Å²) in [4.78, 5) is 24.1. The Balaban J connectivity index is 1.60. The van der Waals surface area contributed by atoms with Gasteiger partial charge in [0.2, 0.25) is 0 Å². The molecule has 130 valence electrons. The molecule has 6 heteroatoms. The van der Waals surface area contributed by atoms with Gasteiger partial charge in [0.15, 0.2) is 6.61 Å². The molecule has 6 nitrogen and oxygen atoms in total. The number of benzene rings is 2.